The summed E-state index contributed by atoms with van der Waals surface area (Å²) in [4.78, 5) is 32.1. The van der Waals surface area contributed by atoms with Crippen molar-refractivity contribution in [1.82, 2.24) is 9.88 Å². The number of nitrogen functional groups attached to an aromatic ring is 1. The molecule has 1 aliphatic carbocycles. The lowest BCUT2D eigenvalue weighted by Gasteiger charge is -2.22. The molecule has 1 saturated carbocycles. The van der Waals surface area contributed by atoms with Gasteiger partial charge in [-0.15, -0.1) is 0 Å². The smallest absolute Gasteiger partial charge is 0.397 e. The number of alkyl halides is 3. The number of imide groups is 1. The summed E-state index contributed by atoms with van der Waals surface area (Å²) in [7, 11) is -5.54. The molecule has 2 aliphatic rings. The van der Waals surface area contributed by atoms with E-state index in [1.165, 1.54) is 4.90 Å². The number of aromatic nitrogens is 1. The van der Waals surface area contributed by atoms with Gasteiger partial charge in [0.25, 0.3) is 15.7 Å². The monoisotopic (exact) mass is 490 g/mol. The number of hydrogen-bond donors (Lipinski definition) is 1. The van der Waals surface area contributed by atoms with E-state index < -0.39 is 37.7 Å². The highest BCUT2D eigenvalue weighted by molar-refractivity contribution is 7.92. The molecule has 3 amide bonds. The number of carbonyl (C=O) groups excluding carboxylic acids is 2. The van der Waals surface area contributed by atoms with Gasteiger partial charge < -0.3 is 10.6 Å². The number of urea groups is 1. The third kappa shape index (κ3) is 3.12. The molecule has 0 bridgehead atoms. The Hall–Kier alpha value is -3.67. The van der Waals surface area contributed by atoms with Crippen molar-refractivity contribution in [3.8, 4) is 0 Å². The molecule has 2 fully saturated rings. The van der Waals surface area contributed by atoms with Crippen molar-refractivity contribution in [2.75, 3.05) is 10.6 Å². The molecule has 2 aromatic carbocycles. The highest BCUT2D eigenvalue weighted by atomic mass is 32.2. The second-order valence-corrected chi connectivity index (χ2v) is 10.1. The molecule has 0 unspecified atom stereocenters. The van der Waals surface area contributed by atoms with Gasteiger partial charge in [-0.1, -0.05) is 12.1 Å². The number of anilines is 2. The third-order valence-electron chi connectivity index (χ3n) is 6.19. The summed E-state index contributed by atoms with van der Waals surface area (Å²) in [6.45, 7) is 0.101. The summed E-state index contributed by atoms with van der Waals surface area (Å²) >= 11 is 0. The maximum atomic E-state index is 13.3. The lowest BCUT2D eigenvalue weighted by atomic mass is 10.1. The first-order chi connectivity index (χ1) is 16.0. The molecule has 2 N–H and O–H groups in total. The molecule has 1 aromatic heterocycles. The summed E-state index contributed by atoms with van der Waals surface area (Å²) in [6.07, 6.45) is 2.45. The van der Waals surface area contributed by atoms with Gasteiger partial charge in [-0.05, 0) is 54.8 Å². The Bertz CT molecular complexity index is 1450. The molecule has 5 rings (SSSR count). The van der Waals surface area contributed by atoms with Crippen LogP contribution in [-0.4, -0.2) is 41.3 Å². The van der Waals surface area contributed by atoms with Crippen LogP contribution in [-0.2, 0) is 21.2 Å². The van der Waals surface area contributed by atoms with Crippen LogP contribution < -0.4 is 10.6 Å². The number of benzene rings is 2. The van der Waals surface area contributed by atoms with Gasteiger partial charge in [-0.2, -0.15) is 13.2 Å². The van der Waals surface area contributed by atoms with Crippen LogP contribution in [0.5, 0.6) is 0 Å². The zero-order valence-electron chi connectivity index (χ0n) is 17.4. The first kappa shape index (κ1) is 22.1. The van der Waals surface area contributed by atoms with Gasteiger partial charge in [-0.3, -0.25) is 9.78 Å². The molecule has 1 saturated heterocycles. The first-order valence-electron chi connectivity index (χ1n) is 10.2. The van der Waals surface area contributed by atoms with Crippen molar-refractivity contribution in [3.05, 3.63) is 60.3 Å². The van der Waals surface area contributed by atoms with Gasteiger partial charge in [0, 0.05) is 18.1 Å². The molecule has 176 valence electrons. The van der Waals surface area contributed by atoms with Crippen LogP contribution in [0, 0.1) is 0 Å². The molecule has 2 heterocycles. The van der Waals surface area contributed by atoms with E-state index in [1.807, 2.05) is 6.07 Å². The molecule has 0 atom stereocenters. The molecule has 0 radical (unpaired) electrons. The standard InChI is InChI=1S/C22H17F3N4O4S/c23-22(24,25)34(32,33)15-6-4-14(5-7-15)29-19(30)21(9-10-21)28(20(29)31)12-13-8-11-27-18-16(13)2-1-3-17(18)26/h1-8,11H,9-10,12,26H2. The Kier molecular flexibility index (Phi) is 4.66. The summed E-state index contributed by atoms with van der Waals surface area (Å²) < 4.78 is 61.7. The second-order valence-electron chi connectivity index (χ2n) is 8.20. The van der Waals surface area contributed by atoms with E-state index in [9.17, 15) is 31.2 Å². The summed E-state index contributed by atoms with van der Waals surface area (Å²) in [5, 5.41) is 0.735. The van der Waals surface area contributed by atoms with Crippen molar-refractivity contribution in [1.29, 1.82) is 0 Å². The van der Waals surface area contributed by atoms with Crippen molar-refractivity contribution in [2.24, 2.45) is 0 Å². The molecular weight excluding hydrogens is 473 g/mol. The highest BCUT2D eigenvalue weighted by Crippen LogP contribution is 2.50. The fourth-order valence-electron chi connectivity index (χ4n) is 4.24. The minimum absolute atomic E-state index is 0.00581. The van der Waals surface area contributed by atoms with Gasteiger partial charge in [0.2, 0.25) is 0 Å². The number of fused-ring (bicyclic) bond motifs is 1. The van der Waals surface area contributed by atoms with Gasteiger partial charge in [0.1, 0.15) is 5.54 Å². The predicted molar refractivity (Wildman–Crippen MR) is 116 cm³/mol. The van der Waals surface area contributed by atoms with E-state index in [0.717, 1.165) is 40.1 Å². The fourth-order valence-corrected chi connectivity index (χ4v) is 5.00. The lowest BCUT2D eigenvalue weighted by molar-refractivity contribution is -0.120. The number of amides is 3. The van der Waals surface area contributed by atoms with E-state index in [4.69, 9.17) is 5.73 Å². The van der Waals surface area contributed by atoms with Crippen LogP contribution in [0.2, 0.25) is 0 Å². The highest BCUT2D eigenvalue weighted by Gasteiger charge is 2.65. The number of sulfone groups is 1. The van der Waals surface area contributed by atoms with Crippen molar-refractivity contribution < 1.29 is 31.2 Å². The molecule has 12 heteroatoms. The first-order valence-corrected chi connectivity index (χ1v) is 11.7. The number of para-hydroxylation sites is 1. The topological polar surface area (TPSA) is 114 Å². The Morgan fingerprint density at radius 2 is 1.71 bits per heavy atom. The van der Waals surface area contributed by atoms with Gasteiger partial charge in [0.05, 0.1) is 21.8 Å². The normalized spacial score (nSPS) is 17.7. The molecule has 1 spiro atoms. The number of nitrogens with two attached hydrogens (primary N) is 1. The van der Waals surface area contributed by atoms with Gasteiger partial charge >= 0.3 is 11.5 Å². The number of rotatable bonds is 4. The quantitative estimate of drug-likeness (QED) is 0.442. The molecule has 34 heavy (non-hydrogen) atoms. The minimum atomic E-state index is -5.54. The molecule has 3 aromatic rings. The molecule has 8 nitrogen and oxygen atoms in total. The number of carbonyl (C=O) groups is 2. The van der Waals surface area contributed by atoms with Crippen LogP contribution in [0.4, 0.5) is 29.3 Å². The Labute approximate surface area is 191 Å². The molecular formula is C22H17F3N4O4S. The van der Waals surface area contributed by atoms with Gasteiger partial charge in [-0.25, -0.2) is 18.1 Å². The Morgan fingerprint density at radius 1 is 1.03 bits per heavy atom. The van der Waals surface area contributed by atoms with Crippen molar-refractivity contribution in [2.45, 2.75) is 35.3 Å². The van der Waals surface area contributed by atoms with E-state index in [0.29, 0.717) is 24.0 Å². The summed E-state index contributed by atoms with van der Waals surface area (Å²) in [5.74, 6) is -0.498. The zero-order chi connectivity index (χ0) is 24.5. The minimum Gasteiger partial charge on any atom is -0.397 e. The lowest BCUT2D eigenvalue weighted by Crippen LogP contribution is -2.36. The SMILES string of the molecule is Nc1cccc2c(CN3C(=O)N(c4ccc(S(=O)(=O)C(F)(F)F)cc4)C(=O)C34CC4)ccnc12. The average molecular weight is 490 g/mol. The summed E-state index contributed by atoms with van der Waals surface area (Å²) in [5.41, 5.74) is 1.27. The van der Waals surface area contributed by atoms with Crippen LogP contribution in [0.15, 0.2) is 59.6 Å². The second kappa shape index (κ2) is 7.16. The number of hydrogen-bond acceptors (Lipinski definition) is 6. The van der Waals surface area contributed by atoms with E-state index >= 15 is 0 Å². The maximum Gasteiger partial charge on any atom is 0.501 e. The average Bonchev–Trinajstić information content (AvgIpc) is 3.56. The molecule has 1 aliphatic heterocycles. The summed E-state index contributed by atoms with van der Waals surface area (Å²) in [6, 6.07) is 9.89. The largest absolute Gasteiger partial charge is 0.501 e. The predicted octanol–water partition coefficient (Wildman–Crippen LogP) is 3.61. The van der Waals surface area contributed by atoms with Crippen LogP contribution in [0.1, 0.15) is 18.4 Å². The van der Waals surface area contributed by atoms with Crippen molar-refractivity contribution >= 4 is 44.1 Å². The van der Waals surface area contributed by atoms with Crippen molar-refractivity contribution in [3.63, 3.8) is 0 Å². The van der Waals surface area contributed by atoms with Crippen LogP contribution in [0.25, 0.3) is 10.9 Å². The Morgan fingerprint density at radius 3 is 2.32 bits per heavy atom. The number of halogens is 3. The number of pyridine rings is 1. The van der Waals surface area contributed by atoms with Crippen LogP contribution >= 0.6 is 0 Å². The number of nitrogens with zero attached hydrogens (tertiary/aromatic N) is 3. The fraction of sp³-hybridized carbons (Fsp3) is 0.227. The van der Waals surface area contributed by atoms with Crippen LogP contribution in [0.3, 0.4) is 0 Å². The van der Waals surface area contributed by atoms with E-state index in [2.05, 4.69) is 4.98 Å². The Balaban J connectivity index is 1.49. The van der Waals surface area contributed by atoms with Gasteiger partial charge in [0.15, 0.2) is 0 Å². The maximum absolute atomic E-state index is 13.3. The third-order valence-corrected chi connectivity index (χ3v) is 7.70. The van der Waals surface area contributed by atoms with E-state index in [-0.39, 0.29) is 12.2 Å². The van der Waals surface area contributed by atoms with E-state index in [1.54, 1.807) is 24.4 Å². The zero-order valence-corrected chi connectivity index (χ0v) is 18.2.